The molecule has 0 heterocycles. The average molecular weight is 359 g/mol. The second-order valence-electron chi connectivity index (χ2n) is 4.26. The summed E-state index contributed by atoms with van der Waals surface area (Å²) in [5, 5.41) is 2.50. The van der Waals surface area contributed by atoms with Crippen LogP contribution in [-0.2, 0) is 6.18 Å². The maximum absolute atomic E-state index is 12.7. The van der Waals surface area contributed by atoms with Crippen LogP contribution in [-0.4, -0.2) is 5.91 Å². The van der Waals surface area contributed by atoms with Crippen molar-refractivity contribution in [2.45, 2.75) is 6.18 Å². The van der Waals surface area contributed by atoms with E-state index in [2.05, 4.69) is 21.2 Å². The lowest BCUT2D eigenvalue weighted by Crippen LogP contribution is -2.16. The van der Waals surface area contributed by atoms with Crippen molar-refractivity contribution in [2.24, 2.45) is 0 Å². The predicted molar refractivity (Wildman–Crippen MR) is 78.0 cm³/mol. The molecular formula is C14H10BrF3N2O. The quantitative estimate of drug-likeness (QED) is 0.786. The van der Waals surface area contributed by atoms with Crippen LogP contribution in [0.15, 0.2) is 46.9 Å². The van der Waals surface area contributed by atoms with E-state index in [-0.39, 0.29) is 11.3 Å². The molecule has 0 atom stereocenters. The van der Waals surface area contributed by atoms with Crippen molar-refractivity contribution in [3.05, 3.63) is 58.1 Å². The van der Waals surface area contributed by atoms with Gasteiger partial charge in [0.25, 0.3) is 5.91 Å². The normalized spacial score (nSPS) is 11.2. The summed E-state index contributed by atoms with van der Waals surface area (Å²) in [6.07, 6.45) is -4.53. The Bertz CT molecular complexity index is 669. The van der Waals surface area contributed by atoms with Gasteiger partial charge in [0.1, 0.15) is 0 Å². The minimum absolute atomic E-state index is 0.0161. The van der Waals surface area contributed by atoms with Gasteiger partial charge >= 0.3 is 6.18 Å². The third-order valence-corrected chi connectivity index (χ3v) is 3.26. The van der Waals surface area contributed by atoms with Crippen LogP contribution < -0.4 is 11.1 Å². The molecule has 0 saturated heterocycles. The summed E-state index contributed by atoms with van der Waals surface area (Å²) in [5.41, 5.74) is 4.88. The van der Waals surface area contributed by atoms with E-state index < -0.39 is 17.6 Å². The number of carbonyl (C=O) groups excluding carboxylic acids is 1. The van der Waals surface area contributed by atoms with Gasteiger partial charge in [0.2, 0.25) is 0 Å². The zero-order valence-electron chi connectivity index (χ0n) is 10.5. The second kappa shape index (κ2) is 5.77. The Kier molecular flexibility index (Phi) is 4.22. The lowest BCUT2D eigenvalue weighted by atomic mass is 10.1. The summed E-state index contributed by atoms with van der Waals surface area (Å²) in [7, 11) is 0. The highest BCUT2D eigenvalue weighted by Crippen LogP contribution is 2.31. The van der Waals surface area contributed by atoms with Crippen LogP contribution in [0.3, 0.4) is 0 Å². The highest BCUT2D eigenvalue weighted by atomic mass is 79.9. The fourth-order valence-electron chi connectivity index (χ4n) is 1.66. The molecule has 2 aromatic rings. The molecule has 110 valence electrons. The van der Waals surface area contributed by atoms with Crippen molar-refractivity contribution >= 4 is 33.2 Å². The molecule has 2 rings (SSSR count). The lowest BCUT2D eigenvalue weighted by molar-refractivity contribution is -0.137. The molecule has 7 heteroatoms. The van der Waals surface area contributed by atoms with Gasteiger partial charge in [0.15, 0.2) is 0 Å². The number of anilines is 2. The molecule has 0 unspecified atom stereocenters. The molecule has 0 spiro atoms. The summed E-state index contributed by atoms with van der Waals surface area (Å²) >= 11 is 3.24. The van der Waals surface area contributed by atoms with Gasteiger partial charge in [-0.15, -0.1) is 0 Å². The van der Waals surface area contributed by atoms with Crippen LogP contribution in [0.25, 0.3) is 0 Å². The first-order chi connectivity index (χ1) is 9.77. The summed E-state index contributed by atoms with van der Waals surface area (Å²) in [6.45, 7) is 0. The number of rotatable bonds is 2. The average Bonchev–Trinajstić information content (AvgIpc) is 2.40. The van der Waals surface area contributed by atoms with E-state index in [4.69, 9.17) is 5.73 Å². The van der Waals surface area contributed by atoms with Gasteiger partial charge in [0, 0.05) is 15.8 Å². The van der Waals surface area contributed by atoms with E-state index in [1.54, 1.807) is 24.3 Å². The minimum atomic E-state index is -4.53. The molecule has 3 nitrogen and oxygen atoms in total. The van der Waals surface area contributed by atoms with E-state index in [9.17, 15) is 18.0 Å². The summed E-state index contributed by atoms with van der Waals surface area (Å²) in [5.74, 6) is -0.694. The molecule has 0 aliphatic heterocycles. The van der Waals surface area contributed by atoms with E-state index in [1.165, 1.54) is 0 Å². The maximum atomic E-state index is 12.7. The van der Waals surface area contributed by atoms with Crippen LogP contribution in [0.5, 0.6) is 0 Å². The van der Waals surface area contributed by atoms with Crippen molar-refractivity contribution < 1.29 is 18.0 Å². The molecule has 0 aromatic heterocycles. The Balaban J connectivity index is 2.28. The van der Waals surface area contributed by atoms with Crippen LogP contribution in [0.1, 0.15) is 15.9 Å². The maximum Gasteiger partial charge on any atom is 0.416 e. The zero-order valence-corrected chi connectivity index (χ0v) is 12.1. The minimum Gasteiger partial charge on any atom is -0.398 e. The number of nitrogens with one attached hydrogen (secondary N) is 1. The number of hydrogen-bond donors (Lipinski definition) is 2. The standard InChI is InChI=1S/C14H10BrF3N2O/c15-9-2-4-10(5-3-9)20-13(21)11-7-8(14(16,17)18)1-6-12(11)19/h1-7H,19H2,(H,20,21). The van der Waals surface area contributed by atoms with Gasteiger partial charge in [-0.25, -0.2) is 0 Å². The van der Waals surface area contributed by atoms with Crippen molar-refractivity contribution in [1.29, 1.82) is 0 Å². The van der Waals surface area contributed by atoms with Crippen LogP contribution in [0, 0.1) is 0 Å². The predicted octanol–water partition coefficient (Wildman–Crippen LogP) is 4.30. The summed E-state index contributed by atoms with van der Waals surface area (Å²) in [6, 6.07) is 9.28. The Morgan fingerprint density at radius 1 is 1.10 bits per heavy atom. The molecule has 0 bridgehead atoms. The van der Waals surface area contributed by atoms with E-state index in [0.29, 0.717) is 5.69 Å². The van der Waals surface area contributed by atoms with Crippen LogP contribution in [0.4, 0.5) is 24.5 Å². The molecule has 1 amide bonds. The van der Waals surface area contributed by atoms with Crippen LogP contribution >= 0.6 is 15.9 Å². The van der Waals surface area contributed by atoms with Gasteiger partial charge in [-0.2, -0.15) is 13.2 Å². The SMILES string of the molecule is Nc1ccc(C(F)(F)F)cc1C(=O)Nc1ccc(Br)cc1. The van der Waals surface area contributed by atoms with Crippen molar-refractivity contribution in [3.8, 4) is 0 Å². The van der Waals surface area contributed by atoms with Gasteiger partial charge in [0.05, 0.1) is 11.1 Å². The zero-order chi connectivity index (χ0) is 15.6. The number of amides is 1. The van der Waals surface area contributed by atoms with E-state index >= 15 is 0 Å². The highest BCUT2D eigenvalue weighted by molar-refractivity contribution is 9.10. The highest BCUT2D eigenvalue weighted by Gasteiger charge is 2.31. The molecule has 0 aliphatic carbocycles. The van der Waals surface area contributed by atoms with E-state index in [0.717, 1.165) is 22.7 Å². The topological polar surface area (TPSA) is 55.1 Å². The Hall–Kier alpha value is -2.02. The van der Waals surface area contributed by atoms with Crippen molar-refractivity contribution in [3.63, 3.8) is 0 Å². The number of carbonyl (C=O) groups is 1. The molecule has 0 saturated carbocycles. The van der Waals surface area contributed by atoms with Crippen molar-refractivity contribution in [2.75, 3.05) is 11.1 Å². The van der Waals surface area contributed by atoms with Gasteiger partial charge in [-0.3, -0.25) is 4.79 Å². The van der Waals surface area contributed by atoms with E-state index in [1.807, 2.05) is 0 Å². The molecular weight excluding hydrogens is 349 g/mol. The van der Waals surface area contributed by atoms with Gasteiger partial charge in [-0.05, 0) is 42.5 Å². The smallest absolute Gasteiger partial charge is 0.398 e. The van der Waals surface area contributed by atoms with Gasteiger partial charge < -0.3 is 11.1 Å². The lowest BCUT2D eigenvalue weighted by Gasteiger charge is -2.11. The molecule has 3 N–H and O–H groups in total. The summed E-state index contributed by atoms with van der Waals surface area (Å²) in [4.78, 5) is 12.0. The molecule has 21 heavy (non-hydrogen) atoms. The number of alkyl halides is 3. The second-order valence-corrected chi connectivity index (χ2v) is 5.18. The number of nitrogens with two attached hydrogens (primary N) is 1. The first-order valence-electron chi connectivity index (χ1n) is 5.81. The Morgan fingerprint density at radius 3 is 2.29 bits per heavy atom. The molecule has 2 aromatic carbocycles. The fraction of sp³-hybridized carbons (Fsp3) is 0.0714. The van der Waals surface area contributed by atoms with Gasteiger partial charge in [-0.1, -0.05) is 15.9 Å². The number of nitrogen functional groups attached to an aromatic ring is 1. The largest absolute Gasteiger partial charge is 0.416 e. The number of benzene rings is 2. The monoisotopic (exact) mass is 358 g/mol. The first kappa shape index (κ1) is 15.4. The number of halogens is 4. The summed E-state index contributed by atoms with van der Waals surface area (Å²) < 4.78 is 38.8. The third-order valence-electron chi connectivity index (χ3n) is 2.73. The van der Waals surface area contributed by atoms with Crippen molar-refractivity contribution in [1.82, 2.24) is 0 Å². The molecule has 0 aliphatic rings. The Labute approximate surface area is 127 Å². The number of hydrogen-bond acceptors (Lipinski definition) is 2. The fourth-order valence-corrected chi connectivity index (χ4v) is 1.93. The van der Waals surface area contributed by atoms with Crippen LogP contribution in [0.2, 0.25) is 0 Å². The Morgan fingerprint density at radius 2 is 1.71 bits per heavy atom. The molecule has 0 fully saturated rings. The first-order valence-corrected chi connectivity index (χ1v) is 6.60. The third kappa shape index (κ3) is 3.75. The molecule has 0 radical (unpaired) electrons.